The second kappa shape index (κ2) is 4.18. The van der Waals surface area contributed by atoms with Gasteiger partial charge >= 0.3 is 0 Å². The predicted molar refractivity (Wildman–Crippen MR) is 54.6 cm³/mol. The van der Waals surface area contributed by atoms with Gasteiger partial charge in [-0.15, -0.1) is 0 Å². The summed E-state index contributed by atoms with van der Waals surface area (Å²) in [5, 5.41) is 0.171. The molecule has 2 aromatic heterocycles. The summed E-state index contributed by atoms with van der Waals surface area (Å²) in [5.41, 5.74) is 0.546. The molecule has 76 valence electrons. The zero-order chi connectivity index (χ0) is 10.7. The molecular formula is C9H7ClN4O. The molecule has 15 heavy (non-hydrogen) atoms. The van der Waals surface area contributed by atoms with Crippen LogP contribution in [0.1, 0.15) is 5.69 Å². The molecule has 0 saturated heterocycles. The van der Waals surface area contributed by atoms with Gasteiger partial charge in [0.15, 0.2) is 0 Å². The quantitative estimate of drug-likeness (QED) is 0.703. The third kappa shape index (κ3) is 2.38. The first-order valence-corrected chi connectivity index (χ1v) is 4.61. The molecule has 0 fully saturated rings. The lowest BCUT2D eigenvalue weighted by molar-refractivity contribution is 0.716. The molecule has 0 aliphatic carbocycles. The largest absolute Gasteiger partial charge is 0.293 e. The van der Waals surface area contributed by atoms with E-state index in [1.807, 2.05) is 0 Å². The summed E-state index contributed by atoms with van der Waals surface area (Å²) in [6, 6.07) is 3.09. The van der Waals surface area contributed by atoms with E-state index in [0.29, 0.717) is 12.2 Å². The van der Waals surface area contributed by atoms with Gasteiger partial charge in [0.25, 0.3) is 5.56 Å². The third-order valence-corrected chi connectivity index (χ3v) is 1.99. The first-order chi connectivity index (χ1) is 7.25. The standard InChI is InChI=1S/C9H7ClN4O/c10-9-12-4-1-7(13-9)5-14-6-11-3-2-8(14)15/h1-4,6H,5H2. The first-order valence-electron chi connectivity index (χ1n) is 4.23. The summed E-state index contributed by atoms with van der Waals surface area (Å²) >= 11 is 5.63. The zero-order valence-corrected chi connectivity index (χ0v) is 8.42. The highest BCUT2D eigenvalue weighted by molar-refractivity contribution is 6.28. The van der Waals surface area contributed by atoms with E-state index in [9.17, 15) is 4.79 Å². The highest BCUT2D eigenvalue weighted by atomic mass is 35.5. The maximum Gasteiger partial charge on any atom is 0.253 e. The molecule has 0 N–H and O–H groups in total. The van der Waals surface area contributed by atoms with Crippen molar-refractivity contribution < 1.29 is 0 Å². The van der Waals surface area contributed by atoms with Gasteiger partial charge in [0, 0.05) is 18.5 Å². The molecule has 0 aromatic carbocycles. The van der Waals surface area contributed by atoms with Crippen LogP contribution < -0.4 is 5.56 Å². The summed E-state index contributed by atoms with van der Waals surface area (Å²) in [6.07, 6.45) is 4.45. The molecular weight excluding hydrogens is 216 g/mol. The van der Waals surface area contributed by atoms with Crippen molar-refractivity contribution >= 4 is 11.6 Å². The number of halogens is 1. The Labute approximate surface area is 90.4 Å². The van der Waals surface area contributed by atoms with Crippen LogP contribution in [-0.2, 0) is 6.54 Å². The van der Waals surface area contributed by atoms with Gasteiger partial charge < -0.3 is 0 Å². The minimum Gasteiger partial charge on any atom is -0.293 e. The SMILES string of the molecule is O=c1ccncn1Cc1ccnc(Cl)n1. The van der Waals surface area contributed by atoms with Crippen LogP contribution in [0.15, 0.2) is 35.6 Å². The van der Waals surface area contributed by atoms with Gasteiger partial charge in [-0.1, -0.05) is 0 Å². The van der Waals surface area contributed by atoms with Crippen molar-refractivity contribution in [2.75, 3.05) is 0 Å². The van der Waals surface area contributed by atoms with Crippen molar-refractivity contribution in [1.29, 1.82) is 0 Å². The lowest BCUT2D eigenvalue weighted by atomic mass is 10.4. The number of hydrogen-bond donors (Lipinski definition) is 0. The summed E-state index contributed by atoms with van der Waals surface area (Å²) in [7, 11) is 0. The van der Waals surface area contributed by atoms with Crippen molar-refractivity contribution in [3.05, 3.63) is 52.2 Å². The van der Waals surface area contributed by atoms with Crippen molar-refractivity contribution in [3.8, 4) is 0 Å². The van der Waals surface area contributed by atoms with E-state index in [4.69, 9.17) is 11.6 Å². The number of hydrogen-bond acceptors (Lipinski definition) is 4. The van der Waals surface area contributed by atoms with E-state index in [-0.39, 0.29) is 10.8 Å². The van der Waals surface area contributed by atoms with Gasteiger partial charge in [-0.2, -0.15) is 0 Å². The second-order valence-corrected chi connectivity index (χ2v) is 3.20. The van der Waals surface area contributed by atoms with Crippen LogP contribution in [-0.4, -0.2) is 19.5 Å². The molecule has 2 rings (SSSR count). The molecule has 5 nitrogen and oxygen atoms in total. The fourth-order valence-electron chi connectivity index (χ4n) is 1.13. The van der Waals surface area contributed by atoms with Gasteiger partial charge in [-0.25, -0.2) is 15.0 Å². The Morgan fingerprint density at radius 3 is 2.93 bits per heavy atom. The highest BCUT2D eigenvalue weighted by Gasteiger charge is 1.99. The van der Waals surface area contributed by atoms with Crippen molar-refractivity contribution in [2.45, 2.75) is 6.54 Å². The van der Waals surface area contributed by atoms with Gasteiger partial charge in [0.1, 0.15) is 0 Å². The van der Waals surface area contributed by atoms with Crippen molar-refractivity contribution in [2.24, 2.45) is 0 Å². The molecule has 6 heteroatoms. The molecule has 2 aromatic rings. The minimum atomic E-state index is -0.125. The Bertz CT molecular complexity index is 525. The molecule has 0 spiro atoms. The Morgan fingerprint density at radius 2 is 2.20 bits per heavy atom. The molecule has 0 aliphatic heterocycles. The molecule has 0 aliphatic rings. The van der Waals surface area contributed by atoms with Crippen LogP contribution in [0.5, 0.6) is 0 Å². The van der Waals surface area contributed by atoms with Crippen LogP contribution in [0.4, 0.5) is 0 Å². The summed E-state index contributed by atoms with van der Waals surface area (Å²) < 4.78 is 1.44. The van der Waals surface area contributed by atoms with E-state index in [1.165, 1.54) is 23.2 Å². The van der Waals surface area contributed by atoms with E-state index < -0.39 is 0 Å². The van der Waals surface area contributed by atoms with Crippen LogP contribution in [0.25, 0.3) is 0 Å². The van der Waals surface area contributed by atoms with Crippen LogP contribution in [0.3, 0.4) is 0 Å². The second-order valence-electron chi connectivity index (χ2n) is 2.86. The van der Waals surface area contributed by atoms with E-state index in [1.54, 1.807) is 12.3 Å². The molecule has 0 atom stereocenters. The molecule has 0 unspecified atom stereocenters. The predicted octanol–water partition coefficient (Wildman–Crippen LogP) is 0.735. The molecule has 0 bridgehead atoms. The molecule has 0 saturated carbocycles. The maximum absolute atomic E-state index is 11.4. The maximum atomic E-state index is 11.4. The van der Waals surface area contributed by atoms with Crippen LogP contribution in [0, 0.1) is 0 Å². The van der Waals surface area contributed by atoms with Crippen LogP contribution in [0.2, 0.25) is 5.28 Å². The van der Waals surface area contributed by atoms with E-state index in [2.05, 4.69) is 15.0 Å². The fourth-order valence-corrected chi connectivity index (χ4v) is 1.29. The Hall–Kier alpha value is -1.75. The molecule has 2 heterocycles. The Morgan fingerprint density at radius 1 is 1.33 bits per heavy atom. The molecule has 0 amide bonds. The fraction of sp³-hybridized carbons (Fsp3) is 0.111. The van der Waals surface area contributed by atoms with Crippen LogP contribution >= 0.6 is 11.6 Å². The summed E-state index contributed by atoms with van der Waals surface area (Å²) in [5.74, 6) is 0. The average Bonchev–Trinajstić information content (AvgIpc) is 2.22. The average molecular weight is 223 g/mol. The number of nitrogens with zero attached hydrogens (tertiary/aromatic N) is 4. The summed E-state index contributed by atoms with van der Waals surface area (Å²) in [6.45, 7) is 0.342. The van der Waals surface area contributed by atoms with Gasteiger partial charge in [0.05, 0.1) is 18.6 Å². The Balaban J connectivity index is 2.30. The van der Waals surface area contributed by atoms with E-state index >= 15 is 0 Å². The van der Waals surface area contributed by atoms with Crippen molar-refractivity contribution in [3.63, 3.8) is 0 Å². The van der Waals surface area contributed by atoms with Gasteiger partial charge in [-0.3, -0.25) is 9.36 Å². The smallest absolute Gasteiger partial charge is 0.253 e. The number of aromatic nitrogens is 4. The molecule has 0 radical (unpaired) electrons. The normalized spacial score (nSPS) is 10.2. The van der Waals surface area contributed by atoms with Gasteiger partial charge in [0.2, 0.25) is 5.28 Å². The highest BCUT2D eigenvalue weighted by Crippen LogP contribution is 2.01. The monoisotopic (exact) mass is 222 g/mol. The lowest BCUT2D eigenvalue weighted by Crippen LogP contribution is -2.19. The minimum absolute atomic E-state index is 0.125. The summed E-state index contributed by atoms with van der Waals surface area (Å²) in [4.78, 5) is 22.9. The third-order valence-electron chi connectivity index (χ3n) is 1.81. The zero-order valence-electron chi connectivity index (χ0n) is 7.67. The van der Waals surface area contributed by atoms with E-state index in [0.717, 1.165) is 0 Å². The number of rotatable bonds is 2. The first kappa shape index (κ1) is 9.79. The Kier molecular flexibility index (Phi) is 2.73. The lowest BCUT2D eigenvalue weighted by Gasteiger charge is -2.02. The topological polar surface area (TPSA) is 60.7 Å². The van der Waals surface area contributed by atoms with Gasteiger partial charge in [-0.05, 0) is 17.7 Å². The van der Waals surface area contributed by atoms with Crippen molar-refractivity contribution in [1.82, 2.24) is 19.5 Å².